The van der Waals surface area contributed by atoms with Crippen LogP contribution in [0.2, 0.25) is 0 Å². The van der Waals surface area contributed by atoms with Crippen LogP contribution in [-0.2, 0) is 5.41 Å². The molecule has 2 aliphatic carbocycles. The predicted molar refractivity (Wildman–Crippen MR) is 264 cm³/mol. The SMILES string of the molecule is C1=CC(N(c2ccc3c(c2)C(c2ccccc2)(c2ccccc2)c2cc(-n4c(-c5ccccc5)cc5ccccc54)ccc2-3)c2cccc3ccccc23)CC=C1c1ccccc1. The summed E-state index contributed by atoms with van der Waals surface area (Å²) in [7, 11) is 0. The molecule has 0 fully saturated rings. The number of rotatable bonds is 8. The Labute approximate surface area is 369 Å². The number of benzene rings is 9. The van der Waals surface area contributed by atoms with Crippen LogP contribution in [0.15, 0.2) is 249 Å². The molecule has 298 valence electrons. The van der Waals surface area contributed by atoms with E-state index in [4.69, 9.17) is 0 Å². The van der Waals surface area contributed by atoms with Gasteiger partial charge < -0.3 is 9.47 Å². The third-order valence-electron chi connectivity index (χ3n) is 13.4. The molecule has 9 aromatic carbocycles. The molecule has 2 aliphatic rings. The summed E-state index contributed by atoms with van der Waals surface area (Å²) in [6, 6.07) is 85.1. The van der Waals surface area contributed by atoms with Gasteiger partial charge in [-0.2, -0.15) is 0 Å². The molecule has 63 heavy (non-hydrogen) atoms. The molecule has 2 nitrogen and oxygen atoms in total. The van der Waals surface area contributed by atoms with Crippen LogP contribution in [-0.4, -0.2) is 10.6 Å². The third kappa shape index (κ3) is 6.02. The summed E-state index contributed by atoms with van der Waals surface area (Å²) in [4.78, 5) is 2.59. The van der Waals surface area contributed by atoms with E-state index in [9.17, 15) is 0 Å². The summed E-state index contributed by atoms with van der Waals surface area (Å²) in [5.74, 6) is 0. The largest absolute Gasteiger partial charge is 0.334 e. The molecule has 0 saturated heterocycles. The Kier molecular flexibility index (Phi) is 8.90. The Morgan fingerprint density at radius 2 is 1.06 bits per heavy atom. The standard InChI is InChI=1S/C61H44N2/c1-5-18-43(19-6-1)44-32-34-50(35-33-44)62(59-31-17-24-45-20-13-15-29-53(45)59)51-36-38-54-55-39-37-52(63-58-30-16-14-23-47(58)40-60(63)46-21-7-2-8-22-46)42-57(55)61(56(54)41-51,48-25-9-3-10-26-48)49-27-11-4-12-28-49/h1-34,36-42,50H,35H2. The van der Waals surface area contributed by atoms with E-state index in [1.54, 1.807) is 0 Å². The van der Waals surface area contributed by atoms with E-state index in [2.05, 4.69) is 258 Å². The summed E-state index contributed by atoms with van der Waals surface area (Å²) in [5, 5.41) is 3.69. The molecule has 1 aromatic heterocycles. The molecular formula is C61H44N2. The molecule has 0 bridgehead atoms. The van der Waals surface area contributed by atoms with Gasteiger partial charge in [-0.3, -0.25) is 0 Å². The summed E-state index contributed by atoms with van der Waals surface area (Å²) >= 11 is 0. The fourth-order valence-corrected chi connectivity index (χ4v) is 10.6. The van der Waals surface area contributed by atoms with E-state index in [0.29, 0.717) is 0 Å². The Morgan fingerprint density at radius 1 is 0.476 bits per heavy atom. The van der Waals surface area contributed by atoms with E-state index in [1.165, 1.54) is 88.8 Å². The van der Waals surface area contributed by atoms with E-state index in [1.807, 2.05) is 0 Å². The molecule has 0 saturated carbocycles. The van der Waals surface area contributed by atoms with Gasteiger partial charge in [0.15, 0.2) is 0 Å². The molecule has 0 radical (unpaired) electrons. The number of allylic oxidation sites excluding steroid dienone is 2. The van der Waals surface area contributed by atoms with E-state index >= 15 is 0 Å². The van der Waals surface area contributed by atoms with Gasteiger partial charge in [-0.15, -0.1) is 0 Å². The van der Waals surface area contributed by atoms with Crippen LogP contribution in [0.3, 0.4) is 0 Å². The van der Waals surface area contributed by atoms with Crippen LogP contribution in [0.4, 0.5) is 11.4 Å². The van der Waals surface area contributed by atoms with Crippen molar-refractivity contribution in [1.82, 2.24) is 4.57 Å². The van der Waals surface area contributed by atoms with Crippen LogP contribution in [0.25, 0.3) is 55.3 Å². The highest BCUT2D eigenvalue weighted by Crippen LogP contribution is 2.58. The smallest absolute Gasteiger partial charge is 0.0715 e. The van der Waals surface area contributed by atoms with Gasteiger partial charge in [0.2, 0.25) is 0 Å². The minimum absolute atomic E-state index is 0.0954. The highest BCUT2D eigenvalue weighted by Gasteiger charge is 2.47. The topological polar surface area (TPSA) is 8.17 Å². The van der Waals surface area contributed by atoms with Gasteiger partial charge in [-0.1, -0.05) is 206 Å². The van der Waals surface area contributed by atoms with Crippen LogP contribution in [0.5, 0.6) is 0 Å². The lowest BCUT2D eigenvalue weighted by molar-refractivity contribution is 0.761. The average Bonchev–Trinajstić information content (AvgIpc) is 3.89. The maximum atomic E-state index is 2.59. The molecule has 1 unspecified atom stereocenters. The van der Waals surface area contributed by atoms with Gasteiger partial charge >= 0.3 is 0 Å². The van der Waals surface area contributed by atoms with E-state index < -0.39 is 5.41 Å². The van der Waals surface area contributed by atoms with Crippen molar-refractivity contribution in [3.8, 4) is 28.1 Å². The Bertz CT molecular complexity index is 3310. The molecule has 12 rings (SSSR count). The second-order valence-electron chi connectivity index (χ2n) is 16.8. The predicted octanol–water partition coefficient (Wildman–Crippen LogP) is 15.4. The maximum absolute atomic E-state index is 2.59. The van der Waals surface area contributed by atoms with Crippen molar-refractivity contribution in [3.05, 3.63) is 277 Å². The number of para-hydroxylation sites is 1. The zero-order chi connectivity index (χ0) is 41.7. The van der Waals surface area contributed by atoms with E-state index in [-0.39, 0.29) is 6.04 Å². The average molecular weight is 805 g/mol. The Morgan fingerprint density at radius 3 is 1.76 bits per heavy atom. The van der Waals surface area contributed by atoms with Crippen molar-refractivity contribution in [1.29, 1.82) is 0 Å². The van der Waals surface area contributed by atoms with Crippen LogP contribution < -0.4 is 4.90 Å². The van der Waals surface area contributed by atoms with Gasteiger partial charge in [0.1, 0.15) is 0 Å². The first kappa shape index (κ1) is 36.9. The minimum Gasteiger partial charge on any atom is -0.334 e. The molecule has 1 heterocycles. The summed E-state index contributed by atoms with van der Waals surface area (Å²) in [5.41, 5.74) is 16.6. The van der Waals surface area contributed by atoms with Gasteiger partial charge in [-0.05, 0) is 104 Å². The highest BCUT2D eigenvalue weighted by atomic mass is 15.2. The van der Waals surface area contributed by atoms with Crippen LogP contribution in [0, 0.1) is 0 Å². The summed E-state index contributed by atoms with van der Waals surface area (Å²) in [6.45, 7) is 0. The zero-order valence-electron chi connectivity index (χ0n) is 34.9. The normalized spacial score (nSPS) is 14.9. The maximum Gasteiger partial charge on any atom is 0.0715 e. The van der Waals surface area contributed by atoms with Crippen molar-refractivity contribution in [2.75, 3.05) is 4.90 Å². The van der Waals surface area contributed by atoms with Crippen LogP contribution >= 0.6 is 0 Å². The summed E-state index contributed by atoms with van der Waals surface area (Å²) < 4.78 is 2.45. The van der Waals surface area contributed by atoms with Crippen molar-refractivity contribution >= 4 is 38.6 Å². The van der Waals surface area contributed by atoms with Gasteiger partial charge in [-0.25, -0.2) is 0 Å². The van der Waals surface area contributed by atoms with Crippen molar-refractivity contribution in [3.63, 3.8) is 0 Å². The number of hydrogen-bond donors (Lipinski definition) is 0. The molecular weight excluding hydrogens is 761 g/mol. The molecule has 2 heteroatoms. The van der Waals surface area contributed by atoms with E-state index in [0.717, 1.165) is 12.1 Å². The van der Waals surface area contributed by atoms with Gasteiger partial charge in [0.25, 0.3) is 0 Å². The quantitative estimate of drug-likeness (QED) is 0.149. The lowest BCUT2D eigenvalue weighted by Gasteiger charge is -2.37. The first-order valence-electron chi connectivity index (χ1n) is 22.0. The van der Waals surface area contributed by atoms with Gasteiger partial charge in [0, 0.05) is 27.8 Å². The van der Waals surface area contributed by atoms with Crippen molar-refractivity contribution in [2.45, 2.75) is 17.9 Å². The second-order valence-corrected chi connectivity index (χ2v) is 16.8. The second kappa shape index (κ2) is 15.2. The minimum atomic E-state index is -0.609. The first-order chi connectivity index (χ1) is 31.3. The molecule has 1 atom stereocenters. The third-order valence-corrected chi connectivity index (χ3v) is 13.4. The molecule has 0 spiro atoms. The highest BCUT2D eigenvalue weighted by molar-refractivity contribution is 5.98. The molecule has 0 amide bonds. The Balaban J connectivity index is 1.10. The lowest BCUT2D eigenvalue weighted by atomic mass is 9.67. The fraction of sp³-hybridized carbons (Fsp3) is 0.0492. The molecule has 10 aromatic rings. The monoisotopic (exact) mass is 804 g/mol. The number of aromatic nitrogens is 1. The fourth-order valence-electron chi connectivity index (χ4n) is 10.6. The first-order valence-corrected chi connectivity index (χ1v) is 22.0. The lowest BCUT2D eigenvalue weighted by Crippen LogP contribution is -2.32. The van der Waals surface area contributed by atoms with Crippen molar-refractivity contribution in [2.24, 2.45) is 0 Å². The Hall–Kier alpha value is -7.94. The number of anilines is 2. The van der Waals surface area contributed by atoms with Crippen molar-refractivity contribution < 1.29 is 0 Å². The van der Waals surface area contributed by atoms with Gasteiger partial charge in [0.05, 0.1) is 22.7 Å². The number of nitrogens with zero attached hydrogens (tertiary/aromatic N) is 2. The summed E-state index contributed by atoms with van der Waals surface area (Å²) in [6.07, 6.45) is 8.02. The van der Waals surface area contributed by atoms with Crippen LogP contribution in [0.1, 0.15) is 34.2 Å². The number of hydrogen-bond acceptors (Lipinski definition) is 1. The molecule has 0 aliphatic heterocycles. The molecule has 0 N–H and O–H groups in total. The zero-order valence-corrected chi connectivity index (χ0v) is 34.9. The number of fused-ring (bicyclic) bond motifs is 5.